The molecule has 0 aliphatic carbocycles. The van der Waals surface area contributed by atoms with Crippen molar-refractivity contribution in [1.82, 2.24) is 4.98 Å². The van der Waals surface area contributed by atoms with Gasteiger partial charge >= 0.3 is 0 Å². The van der Waals surface area contributed by atoms with E-state index in [2.05, 4.69) is 11.1 Å². The van der Waals surface area contributed by atoms with Crippen LogP contribution in [-0.4, -0.2) is 4.98 Å². The van der Waals surface area contributed by atoms with Gasteiger partial charge in [0.15, 0.2) is 0 Å². The van der Waals surface area contributed by atoms with E-state index < -0.39 is 0 Å². The first-order valence-corrected chi connectivity index (χ1v) is 5.58. The first kappa shape index (κ1) is 8.76. The van der Waals surface area contributed by atoms with Crippen molar-refractivity contribution in [2.75, 3.05) is 0 Å². The molecule has 2 aromatic carbocycles. The third kappa shape index (κ3) is 1.12. The van der Waals surface area contributed by atoms with Crippen LogP contribution in [-0.2, 0) is 0 Å². The summed E-state index contributed by atoms with van der Waals surface area (Å²) in [6.45, 7) is 0. The van der Waals surface area contributed by atoms with E-state index in [1.807, 2.05) is 48.7 Å². The molecule has 1 aliphatic rings. The topological polar surface area (TPSA) is 22.1 Å². The van der Waals surface area contributed by atoms with Gasteiger partial charge in [0, 0.05) is 11.8 Å². The summed E-state index contributed by atoms with van der Waals surface area (Å²) < 4.78 is 5.91. The normalized spacial score (nSPS) is 12.0. The van der Waals surface area contributed by atoms with Crippen LogP contribution in [0.25, 0.3) is 22.0 Å². The fourth-order valence-electron chi connectivity index (χ4n) is 2.36. The average Bonchev–Trinajstić information content (AvgIpc) is 2.39. The Morgan fingerprint density at radius 3 is 2.71 bits per heavy atom. The molecule has 0 bridgehead atoms. The quantitative estimate of drug-likeness (QED) is 0.446. The van der Waals surface area contributed by atoms with Crippen LogP contribution in [0.4, 0.5) is 0 Å². The van der Waals surface area contributed by atoms with Crippen LogP contribution in [0.15, 0.2) is 54.7 Å². The maximum Gasteiger partial charge on any atom is 0.137 e. The van der Waals surface area contributed by atoms with E-state index in [4.69, 9.17) is 4.74 Å². The fourth-order valence-corrected chi connectivity index (χ4v) is 2.36. The summed E-state index contributed by atoms with van der Waals surface area (Å²) in [5, 5.41) is 2.27. The smallest absolute Gasteiger partial charge is 0.137 e. The van der Waals surface area contributed by atoms with Gasteiger partial charge in [-0.2, -0.15) is 0 Å². The number of para-hydroxylation sites is 1. The standard InChI is InChI=1S/C15H9NO/c1-2-6-12-11(5-1)15-14-10(8-9-16-15)4-3-7-13(14)17-12/h1-9H. The number of ether oxygens (including phenoxy) is 1. The second-order valence-electron chi connectivity index (χ2n) is 4.11. The van der Waals surface area contributed by atoms with Gasteiger partial charge in [-0.15, -0.1) is 0 Å². The zero-order chi connectivity index (χ0) is 11.2. The fraction of sp³-hybridized carbons (Fsp3) is 0. The van der Waals surface area contributed by atoms with E-state index >= 15 is 0 Å². The zero-order valence-corrected chi connectivity index (χ0v) is 9.05. The highest BCUT2D eigenvalue weighted by atomic mass is 16.5. The number of hydrogen-bond donors (Lipinski definition) is 0. The Morgan fingerprint density at radius 1 is 0.824 bits per heavy atom. The molecule has 3 aromatic rings. The van der Waals surface area contributed by atoms with Crippen LogP contribution in [0.2, 0.25) is 0 Å². The van der Waals surface area contributed by atoms with Crippen molar-refractivity contribution in [3.8, 4) is 22.8 Å². The summed E-state index contributed by atoms with van der Waals surface area (Å²) in [6.07, 6.45) is 1.85. The molecule has 80 valence electrons. The van der Waals surface area contributed by atoms with E-state index in [1.165, 1.54) is 5.39 Å². The van der Waals surface area contributed by atoms with Crippen molar-refractivity contribution in [3.63, 3.8) is 0 Å². The Hall–Kier alpha value is -2.35. The molecular weight excluding hydrogens is 210 g/mol. The summed E-state index contributed by atoms with van der Waals surface area (Å²) >= 11 is 0. The lowest BCUT2D eigenvalue weighted by Crippen LogP contribution is -1.98. The van der Waals surface area contributed by atoms with Crippen molar-refractivity contribution in [1.29, 1.82) is 0 Å². The van der Waals surface area contributed by atoms with Crippen molar-refractivity contribution in [2.45, 2.75) is 0 Å². The largest absolute Gasteiger partial charge is 0.456 e. The summed E-state index contributed by atoms with van der Waals surface area (Å²) in [5.74, 6) is 1.77. The maximum absolute atomic E-state index is 5.91. The molecule has 0 atom stereocenters. The predicted octanol–water partition coefficient (Wildman–Crippen LogP) is 4.01. The van der Waals surface area contributed by atoms with Crippen LogP contribution in [0.3, 0.4) is 0 Å². The average molecular weight is 219 g/mol. The highest BCUT2D eigenvalue weighted by Gasteiger charge is 2.19. The third-order valence-electron chi connectivity index (χ3n) is 3.12. The maximum atomic E-state index is 5.91. The second-order valence-corrected chi connectivity index (χ2v) is 4.11. The monoisotopic (exact) mass is 219 g/mol. The number of benzene rings is 2. The lowest BCUT2D eigenvalue weighted by Gasteiger charge is -2.19. The number of aromatic nitrogens is 1. The number of fused-ring (bicyclic) bond motifs is 2. The van der Waals surface area contributed by atoms with Crippen LogP contribution in [0.5, 0.6) is 11.5 Å². The van der Waals surface area contributed by atoms with Crippen LogP contribution in [0, 0.1) is 0 Å². The van der Waals surface area contributed by atoms with Gasteiger partial charge in [-0.1, -0.05) is 24.3 Å². The van der Waals surface area contributed by atoms with E-state index in [0.29, 0.717) is 0 Å². The first-order chi connectivity index (χ1) is 8.43. The Balaban J connectivity index is 2.22. The highest BCUT2D eigenvalue weighted by molar-refractivity contribution is 6.01. The molecule has 1 aliphatic heterocycles. The molecule has 4 rings (SSSR count). The molecule has 0 unspecified atom stereocenters. The molecule has 0 amide bonds. The van der Waals surface area contributed by atoms with Gasteiger partial charge in [0.1, 0.15) is 11.5 Å². The lowest BCUT2D eigenvalue weighted by molar-refractivity contribution is 0.486. The van der Waals surface area contributed by atoms with Gasteiger partial charge in [-0.05, 0) is 29.7 Å². The first-order valence-electron chi connectivity index (χ1n) is 5.58. The molecule has 0 radical (unpaired) electrons. The lowest BCUT2D eigenvalue weighted by atomic mass is 10.0. The van der Waals surface area contributed by atoms with Crippen molar-refractivity contribution in [3.05, 3.63) is 54.7 Å². The number of hydrogen-bond acceptors (Lipinski definition) is 2. The summed E-state index contributed by atoms with van der Waals surface area (Å²) in [6, 6.07) is 16.1. The Bertz CT molecular complexity index is 729. The molecule has 0 spiro atoms. The van der Waals surface area contributed by atoms with Crippen LogP contribution in [0.1, 0.15) is 0 Å². The van der Waals surface area contributed by atoms with Gasteiger partial charge in [-0.25, -0.2) is 0 Å². The minimum Gasteiger partial charge on any atom is -0.456 e. The molecule has 17 heavy (non-hydrogen) atoms. The van der Waals surface area contributed by atoms with Crippen molar-refractivity contribution in [2.24, 2.45) is 0 Å². The van der Waals surface area contributed by atoms with E-state index in [9.17, 15) is 0 Å². The molecule has 0 N–H and O–H groups in total. The summed E-state index contributed by atoms with van der Waals surface area (Å²) in [5.41, 5.74) is 2.08. The Kier molecular flexibility index (Phi) is 1.59. The Labute approximate surface area is 98.5 Å². The number of rotatable bonds is 0. The molecule has 2 nitrogen and oxygen atoms in total. The minimum absolute atomic E-state index is 0.881. The van der Waals surface area contributed by atoms with E-state index in [0.717, 1.165) is 28.1 Å². The van der Waals surface area contributed by atoms with Gasteiger partial charge in [0.25, 0.3) is 0 Å². The molecule has 2 heteroatoms. The second kappa shape index (κ2) is 3.08. The van der Waals surface area contributed by atoms with Gasteiger partial charge in [-0.3, -0.25) is 4.98 Å². The highest BCUT2D eigenvalue weighted by Crippen LogP contribution is 2.44. The predicted molar refractivity (Wildman–Crippen MR) is 67.3 cm³/mol. The molecule has 1 aromatic heterocycles. The zero-order valence-electron chi connectivity index (χ0n) is 9.05. The minimum atomic E-state index is 0.881. The molecule has 2 heterocycles. The molecule has 0 fully saturated rings. The van der Waals surface area contributed by atoms with Crippen molar-refractivity contribution < 1.29 is 4.74 Å². The molecule has 0 saturated carbocycles. The SMILES string of the molecule is c1ccc2c(c1)Oc1cccc3ccnc-2c13. The van der Waals surface area contributed by atoms with Gasteiger partial charge in [0.05, 0.1) is 11.1 Å². The molecular formula is C15H9NO. The van der Waals surface area contributed by atoms with Crippen LogP contribution < -0.4 is 4.74 Å². The van der Waals surface area contributed by atoms with Crippen LogP contribution >= 0.6 is 0 Å². The van der Waals surface area contributed by atoms with E-state index in [-0.39, 0.29) is 0 Å². The molecule has 0 saturated heterocycles. The number of pyridine rings is 1. The third-order valence-corrected chi connectivity index (χ3v) is 3.12. The van der Waals surface area contributed by atoms with Crippen molar-refractivity contribution >= 4 is 10.8 Å². The number of nitrogens with zero attached hydrogens (tertiary/aromatic N) is 1. The van der Waals surface area contributed by atoms with E-state index in [1.54, 1.807) is 0 Å². The Morgan fingerprint density at radius 2 is 1.71 bits per heavy atom. The summed E-state index contributed by atoms with van der Waals surface area (Å²) in [4.78, 5) is 4.50. The summed E-state index contributed by atoms with van der Waals surface area (Å²) in [7, 11) is 0. The van der Waals surface area contributed by atoms with Gasteiger partial charge < -0.3 is 4.74 Å². The van der Waals surface area contributed by atoms with Gasteiger partial charge in [0.2, 0.25) is 0 Å².